The molecule has 0 aliphatic heterocycles. The van der Waals surface area contributed by atoms with Gasteiger partial charge in [0, 0.05) is 17.7 Å². The highest BCUT2D eigenvalue weighted by Crippen LogP contribution is 2.24. The predicted octanol–water partition coefficient (Wildman–Crippen LogP) is 3.63. The zero-order valence-electron chi connectivity index (χ0n) is 10.6. The molecule has 3 nitrogen and oxygen atoms in total. The average molecular weight is 318 g/mol. The summed E-state index contributed by atoms with van der Waals surface area (Å²) in [6.45, 7) is -0.481. The Kier molecular flexibility index (Phi) is 4.56. The van der Waals surface area contributed by atoms with E-state index in [0.29, 0.717) is 5.56 Å². The summed E-state index contributed by atoms with van der Waals surface area (Å²) < 4.78 is 49.2. The first-order valence-corrected chi connectivity index (χ1v) is 6.79. The van der Waals surface area contributed by atoms with Crippen molar-refractivity contribution in [2.75, 3.05) is 6.54 Å². The Hall–Kier alpha value is -1.96. The van der Waals surface area contributed by atoms with Crippen LogP contribution in [-0.4, -0.2) is 23.6 Å². The highest BCUT2D eigenvalue weighted by molar-refractivity contribution is 7.08. The van der Waals surface area contributed by atoms with E-state index in [0.717, 1.165) is 11.3 Å². The first kappa shape index (κ1) is 15.4. The van der Waals surface area contributed by atoms with Crippen LogP contribution in [0.25, 0.3) is 11.3 Å². The van der Waals surface area contributed by atoms with Crippen LogP contribution < -0.4 is 5.32 Å². The van der Waals surface area contributed by atoms with E-state index < -0.39 is 30.2 Å². The van der Waals surface area contributed by atoms with Crippen LogP contribution in [0.4, 0.5) is 17.6 Å². The SMILES string of the molecule is O=C(NCCC(F)(F)F)c1ccc(-c2ncsc2F)cc1. The zero-order chi connectivity index (χ0) is 15.5. The van der Waals surface area contributed by atoms with Gasteiger partial charge in [-0.15, -0.1) is 0 Å². The molecule has 21 heavy (non-hydrogen) atoms. The van der Waals surface area contributed by atoms with E-state index >= 15 is 0 Å². The fourth-order valence-electron chi connectivity index (χ4n) is 1.62. The molecule has 0 saturated heterocycles. The van der Waals surface area contributed by atoms with Gasteiger partial charge in [0.15, 0.2) is 0 Å². The fourth-order valence-corrected chi connectivity index (χ4v) is 2.15. The van der Waals surface area contributed by atoms with Crippen LogP contribution in [0.5, 0.6) is 0 Å². The van der Waals surface area contributed by atoms with Gasteiger partial charge in [-0.2, -0.15) is 17.6 Å². The Labute approximate surface area is 121 Å². The van der Waals surface area contributed by atoms with Crippen LogP contribution in [0.3, 0.4) is 0 Å². The smallest absolute Gasteiger partial charge is 0.352 e. The molecule has 0 spiro atoms. The summed E-state index contributed by atoms with van der Waals surface area (Å²) >= 11 is 0.860. The van der Waals surface area contributed by atoms with Gasteiger partial charge in [-0.05, 0) is 12.1 Å². The second-order valence-corrected chi connectivity index (χ2v) is 4.98. The molecule has 0 radical (unpaired) electrons. The van der Waals surface area contributed by atoms with Gasteiger partial charge in [-0.3, -0.25) is 4.79 Å². The van der Waals surface area contributed by atoms with Gasteiger partial charge in [0.2, 0.25) is 5.13 Å². The molecule has 0 bridgehead atoms. The van der Waals surface area contributed by atoms with Crippen molar-refractivity contribution in [1.82, 2.24) is 10.3 Å². The topological polar surface area (TPSA) is 42.0 Å². The summed E-state index contributed by atoms with van der Waals surface area (Å²) in [6.07, 6.45) is -5.39. The number of hydrogen-bond donors (Lipinski definition) is 1. The number of nitrogens with one attached hydrogen (secondary N) is 1. The molecule has 0 atom stereocenters. The number of halogens is 4. The average Bonchev–Trinajstić information content (AvgIpc) is 2.83. The van der Waals surface area contributed by atoms with E-state index in [-0.39, 0.29) is 11.3 Å². The number of nitrogens with zero attached hydrogens (tertiary/aromatic N) is 1. The zero-order valence-corrected chi connectivity index (χ0v) is 11.4. The molecule has 1 N–H and O–H groups in total. The van der Waals surface area contributed by atoms with Crippen molar-refractivity contribution >= 4 is 17.2 Å². The quantitative estimate of drug-likeness (QED) is 0.875. The maximum Gasteiger partial charge on any atom is 0.390 e. The number of thiazole rings is 1. The number of aromatic nitrogens is 1. The molecule has 0 aliphatic carbocycles. The first-order valence-electron chi connectivity index (χ1n) is 5.91. The fraction of sp³-hybridized carbons (Fsp3) is 0.231. The molecule has 0 unspecified atom stereocenters. The Morgan fingerprint density at radius 2 is 1.90 bits per heavy atom. The lowest BCUT2D eigenvalue weighted by molar-refractivity contribution is -0.132. The maximum absolute atomic E-state index is 13.3. The second-order valence-electron chi connectivity index (χ2n) is 4.17. The molecule has 1 aromatic heterocycles. The summed E-state index contributed by atoms with van der Waals surface area (Å²) in [7, 11) is 0. The third-order valence-electron chi connectivity index (χ3n) is 2.64. The number of carbonyl (C=O) groups is 1. The third kappa shape index (κ3) is 4.25. The Morgan fingerprint density at radius 3 is 2.43 bits per heavy atom. The van der Waals surface area contributed by atoms with E-state index in [1.54, 1.807) is 0 Å². The van der Waals surface area contributed by atoms with E-state index in [4.69, 9.17) is 0 Å². The van der Waals surface area contributed by atoms with Crippen molar-refractivity contribution in [2.24, 2.45) is 0 Å². The first-order chi connectivity index (χ1) is 9.87. The molecule has 0 saturated carbocycles. The van der Waals surface area contributed by atoms with Gasteiger partial charge in [0.25, 0.3) is 5.91 Å². The van der Waals surface area contributed by atoms with Crippen LogP contribution in [0, 0.1) is 5.13 Å². The molecule has 1 heterocycles. The van der Waals surface area contributed by atoms with E-state index in [1.165, 1.54) is 29.8 Å². The molecule has 1 amide bonds. The number of carbonyl (C=O) groups excluding carboxylic acids is 1. The minimum Gasteiger partial charge on any atom is -0.352 e. The number of hydrogen-bond acceptors (Lipinski definition) is 3. The lowest BCUT2D eigenvalue weighted by Crippen LogP contribution is -2.27. The van der Waals surface area contributed by atoms with Crippen molar-refractivity contribution in [3.8, 4) is 11.3 Å². The summed E-state index contributed by atoms with van der Waals surface area (Å²) in [5, 5.41) is 1.74. The molecular formula is C13H10F4N2OS. The van der Waals surface area contributed by atoms with Crippen molar-refractivity contribution in [3.05, 3.63) is 40.5 Å². The van der Waals surface area contributed by atoms with E-state index in [1.807, 2.05) is 0 Å². The minimum atomic E-state index is -4.31. The number of benzene rings is 1. The highest BCUT2D eigenvalue weighted by atomic mass is 32.1. The summed E-state index contributed by atoms with van der Waals surface area (Å²) in [5.41, 5.74) is 2.25. The minimum absolute atomic E-state index is 0.184. The van der Waals surface area contributed by atoms with Crippen molar-refractivity contribution in [3.63, 3.8) is 0 Å². The molecule has 0 aliphatic rings. The molecule has 0 fully saturated rings. The Morgan fingerprint density at radius 1 is 1.24 bits per heavy atom. The normalized spacial score (nSPS) is 11.4. The number of amides is 1. The van der Waals surface area contributed by atoms with E-state index in [2.05, 4.69) is 10.3 Å². The summed E-state index contributed by atoms with van der Waals surface area (Å²) in [4.78, 5) is 15.5. The van der Waals surface area contributed by atoms with Crippen molar-refractivity contribution in [1.29, 1.82) is 0 Å². The van der Waals surface area contributed by atoms with Crippen LogP contribution in [0.1, 0.15) is 16.8 Å². The van der Waals surface area contributed by atoms with Crippen molar-refractivity contribution in [2.45, 2.75) is 12.6 Å². The molecule has 8 heteroatoms. The van der Waals surface area contributed by atoms with Gasteiger partial charge in [0.1, 0.15) is 5.69 Å². The van der Waals surface area contributed by atoms with Gasteiger partial charge in [0.05, 0.1) is 11.9 Å². The molecule has 2 rings (SSSR count). The monoisotopic (exact) mass is 318 g/mol. The lowest BCUT2D eigenvalue weighted by Gasteiger charge is -2.08. The van der Waals surface area contributed by atoms with Crippen LogP contribution in [0.15, 0.2) is 29.8 Å². The number of rotatable bonds is 4. The molecule has 2 aromatic rings. The van der Waals surface area contributed by atoms with Crippen LogP contribution in [-0.2, 0) is 0 Å². The lowest BCUT2D eigenvalue weighted by atomic mass is 10.1. The van der Waals surface area contributed by atoms with Crippen LogP contribution >= 0.6 is 11.3 Å². The predicted molar refractivity (Wildman–Crippen MR) is 70.5 cm³/mol. The van der Waals surface area contributed by atoms with Gasteiger partial charge < -0.3 is 5.32 Å². The Bertz CT molecular complexity index is 622. The second kappa shape index (κ2) is 6.21. The van der Waals surface area contributed by atoms with Gasteiger partial charge >= 0.3 is 6.18 Å². The third-order valence-corrected chi connectivity index (χ3v) is 3.25. The number of alkyl halides is 3. The molecule has 1 aromatic carbocycles. The standard InChI is InChI=1S/C13H10F4N2OS/c14-11-10(19-7-21-11)8-1-3-9(4-2-8)12(20)18-6-5-13(15,16)17/h1-4,7H,5-6H2,(H,18,20). The maximum atomic E-state index is 13.3. The molecule has 112 valence electrons. The summed E-state index contributed by atoms with van der Waals surface area (Å²) in [6, 6.07) is 5.82. The van der Waals surface area contributed by atoms with Crippen molar-refractivity contribution < 1.29 is 22.4 Å². The van der Waals surface area contributed by atoms with Gasteiger partial charge in [-0.1, -0.05) is 23.5 Å². The summed E-state index contributed by atoms with van der Waals surface area (Å²) in [5.74, 6) is -0.607. The van der Waals surface area contributed by atoms with E-state index in [9.17, 15) is 22.4 Å². The molecular weight excluding hydrogens is 308 g/mol. The van der Waals surface area contributed by atoms with Gasteiger partial charge in [-0.25, -0.2) is 4.98 Å². The van der Waals surface area contributed by atoms with Crippen LogP contribution in [0.2, 0.25) is 0 Å². The highest BCUT2D eigenvalue weighted by Gasteiger charge is 2.26. The Balaban J connectivity index is 1.99. The largest absolute Gasteiger partial charge is 0.390 e.